The zero-order valence-corrected chi connectivity index (χ0v) is 12.0. The lowest BCUT2D eigenvalue weighted by Gasteiger charge is -2.18. The van der Waals surface area contributed by atoms with Crippen molar-refractivity contribution < 1.29 is 24.2 Å². The Kier molecular flexibility index (Phi) is 5.37. The van der Waals surface area contributed by atoms with E-state index >= 15 is 0 Å². The maximum absolute atomic E-state index is 11.8. The van der Waals surface area contributed by atoms with Crippen molar-refractivity contribution in [3.63, 3.8) is 0 Å². The normalized spacial score (nSPS) is 11.6. The summed E-state index contributed by atoms with van der Waals surface area (Å²) >= 11 is 0. The van der Waals surface area contributed by atoms with Crippen LogP contribution in [0.25, 0.3) is 0 Å². The molecule has 0 aliphatic heterocycles. The lowest BCUT2D eigenvalue weighted by Crippen LogP contribution is -2.26. The summed E-state index contributed by atoms with van der Waals surface area (Å²) in [5.74, 6) is -0.480. The molecule has 0 spiro atoms. The molecular formula is C14H19NO5. The SMILES string of the molecule is CCOc1ccc(N[C@@H](C)C(=O)O)c(C(C)=O)c1OC. The summed E-state index contributed by atoms with van der Waals surface area (Å²) in [7, 11) is 1.44. The molecule has 1 atom stereocenters. The van der Waals surface area contributed by atoms with Gasteiger partial charge in [0.15, 0.2) is 17.3 Å². The molecule has 6 heteroatoms. The first-order valence-electron chi connectivity index (χ1n) is 6.26. The van der Waals surface area contributed by atoms with E-state index in [9.17, 15) is 9.59 Å². The molecule has 1 aromatic rings. The first kappa shape index (κ1) is 15.8. The van der Waals surface area contributed by atoms with Gasteiger partial charge in [0.1, 0.15) is 6.04 Å². The monoisotopic (exact) mass is 281 g/mol. The van der Waals surface area contributed by atoms with E-state index < -0.39 is 12.0 Å². The number of rotatable bonds is 7. The van der Waals surface area contributed by atoms with Crippen molar-refractivity contribution in [1.82, 2.24) is 0 Å². The van der Waals surface area contributed by atoms with Crippen LogP contribution in [-0.2, 0) is 4.79 Å². The molecule has 0 aliphatic carbocycles. The van der Waals surface area contributed by atoms with Crippen LogP contribution in [0.5, 0.6) is 11.5 Å². The van der Waals surface area contributed by atoms with Crippen LogP contribution in [0.2, 0.25) is 0 Å². The maximum Gasteiger partial charge on any atom is 0.325 e. The van der Waals surface area contributed by atoms with Crippen molar-refractivity contribution in [2.45, 2.75) is 26.8 Å². The van der Waals surface area contributed by atoms with Crippen LogP contribution in [0.1, 0.15) is 31.1 Å². The lowest BCUT2D eigenvalue weighted by atomic mass is 10.1. The predicted octanol–water partition coefficient (Wildman–Crippen LogP) is 2.18. The van der Waals surface area contributed by atoms with Crippen molar-refractivity contribution in [3.8, 4) is 11.5 Å². The topological polar surface area (TPSA) is 84.9 Å². The van der Waals surface area contributed by atoms with Crippen molar-refractivity contribution in [3.05, 3.63) is 17.7 Å². The minimum atomic E-state index is -1.01. The zero-order valence-electron chi connectivity index (χ0n) is 12.0. The lowest BCUT2D eigenvalue weighted by molar-refractivity contribution is -0.137. The zero-order chi connectivity index (χ0) is 15.3. The molecule has 0 saturated carbocycles. The number of Topliss-reactive ketones (excluding diaryl/α,β-unsaturated/α-hetero) is 1. The molecule has 20 heavy (non-hydrogen) atoms. The number of ketones is 1. The van der Waals surface area contributed by atoms with Gasteiger partial charge in [-0.3, -0.25) is 9.59 Å². The molecule has 0 fully saturated rings. The van der Waals surface area contributed by atoms with Crippen LogP contribution in [0.3, 0.4) is 0 Å². The minimum Gasteiger partial charge on any atom is -0.492 e. The number of methoxy groups -OCH3 is 1. The van der Waals surface area contributed by atoms with E-state index in [1.54, 1.807) is 12.1 Å². The fraction of sp³-hybridized carbons (Fsp3) is 0.429. The molecule has 0 unspecified atom stereocenters. The van der Waals surface area contributed by atoms with Crippen LogP contribution in [0.15, 0.2) is 12.1 Å². The van der Waals surface area contributed by atoms with Crippen LogP contribution in [0.4, 0.5) is 5.69 Å². The van der Waals surface area contributed by atoms with E-state index in [-0.39, 0.29) is 11.3 Å². The molecule has 0 aromatic heterocycles. The van der Waals surface area contributed by atoms with Crippen LogP contribution in [-0.4, -0.2) is 36.6 Å². The Labute approximate surface area is 117 Å². The summed E-state index contributed by atoms with van der Waals surface area (Å²) in [5.41, 5.74) is 0.694. The quantitative estimate of drug-likeness (QED) is 0.745. The van der Waals surface area contributed by atoms with Gasteiger partial charge in [-0.05, 0) is 32.9 Å². The molecule has 1 rings (SSSR count). The van der Waals surface area contributed by atoms with Crippen LogP contribution in [0, 0.1) is 0 Å². The Balaban J connectivity index is 3.31. The Morgan fingerprint density at radius 2 is 2.05 bits per heavy atom. The summed E-state index contributed by atoms with van der Waals surface area (Å²) < 4.78 is 10.6. The molecule has 2 N–H and O–H groups in total. The first-order chi connectivity index (χ1) is 9.42. The third-order valence-corrected chi connectivity index (χ3v) is 2.72. The number of carboxylic acid groups (broad SMARTS) is 1. The highest BCUT2D eigenvalue weighted by atomic mass is 16.5. The molecule has 6 nitrogen and oxygen atoms in total. The molecule has 110 valence electrons. The number of ether oxygens (including phenoxy) is 2. The average Bonchev–Trinajstić information content (AvgIpc) is 2.39. The standard InChI is InChI=1S/C14H19NO5/c1-5-20-11-7-6-10(15-8(2)14(17)18)12(9(3)16)13(11)19-4/h6-8,15H,5H2,1-4H3,(H,17,18)/t8-/m0/s1. The average molecular weight is 281 g/mol. The van der Waals surface area contributed by atoms with Gasteiger partial charge < -0.3 is 19.9 Å². The van der Waals surface area contributed by atoms with Gasteiger partial charge in [0, 0.05) is 5.69 Å². The summed E-state index contributed by atoms with van der Waals surface area (Å²) in [5, 5.41) is 11.7. The van der Waals surface area contributed by atoms with E-state index in [4.69, 9.17) is 14.6 Å². The van der Waals surface area contributed by atoms with E-state index in [2.05, 4.69) is 5.32 Å². The highest BCUT2D eigenvalue weighted by Crippen LogP contribution is 2.36. The van der Waals surface area contributed by atoms with E-state index in [1.165, 1.54) is 21.0 Å². The third-order valence-electron chi connectivity index (χ3n) is 2.72. The second-order valence-corrected chi connectivity index (χ2v) is 4.21. The summed E-state index contributed by atoms with van der Waals surface area (Å²) in [6.45, 7) is 5.15. The Morgan fingerprint density at radius 3 is 2.50 bits per heavy atom. The van der Waals surface area contributed by atoms with Gasteiger partial charge in [-0.25, -0.2) is 0 Å². The van der Waals surface area contributed by atoms with Gasteiger partial charge in [-0.15, -0.1) is 0 Å². The molecule has 0 amide bonds. The maximum atomic E-state index is 11.8. The van der Waals surface area contributed by atoms with Gasteiger partial charge >= 0.3 is 5.97 Å². The van der Waals surface area contributed by atoms with Gasteiger partial charge in [0.2, 0.25) is 0 Å². The smallest absolute Gasteiger partial charge is 0.325 e. The number of benzene rings is 1. The van der Waals surface area contributed by atoms with E-state index in [1.807, 2.05) is 6.92 Å². The Morgan fingerprint density at radius 1 is 1.40 bits per heavy atom. The number of carbonyl (C=O) groups is 2. The van der Waals surface area contributed by atoms with Crippen LogP contribution < -0.4 is 14.8 Å². The van der Waals surface area contributed by atoms with Crippen molar-refractivity contribution in [1.29, 1.82) is 0 Å². The minimum absolute atomic E-state index is 0.233. The Bertz CT molecular complexity index is 513. The Hall–Kier alpha value is -2.24. The number of anilines is 1. The second kappa shape index (κ2) is 6.79. The van der Waals surface area contributed by atoms with Crippen molar-refractivity contribution in [2.75, 3.05) is 19.0 Å². The number of carboxylic acids is 1. The first-order valence-corrected chi connectivity index (χ1v) is 6.26. The third kappa shape index (κ3) is 3.40. The summed E-state index contributed by atoms with van der Waals surface area (Å²) in [4.78, 5) is 22.7. The van der Waals surface area contributed by atoms with Gasteiger partial charge in [0.25, 0.3) is 0 Å². The molecule has 0 aliphatic rings. The predicted molar refractivity (Wildman–Crippen MR) is 74.9 cm³/mol. The number of aliphatic carboxylic acids is 1. The van der Waals surface area contributed by atoms with Crippen molar-refractivity contribution >= 4 is 17.4 Å². The molecule has 0 heterocycles. The van der Waals surface area contributed by atoms with Gasteiger partial charge in [-0.1, -0.05) is 0 Å². The second-order valence-electron chi connectivity index (χ2n) is 4.21. The summed E-state index contributed by atoms with van der Waals surface area (Å²) in [6, 6.07) is 2.44. The number of hydrogen-bond donors (Lipinski definition) is 2. The van der Waals surface area contributed by atoms with E-state index in [0.29, 0.717) is 23.8 Å². The molecule has 0 saturated heterocycles. The number of carbonyl (C=O) groups excluding carboxylic acids is 1. The fourth-order valence-electron chi connectivity index (χ4n) is 1.80. The van der Waals surface area contributed by atoms with E-state index in [0.717, 1.165) is 0 Å². The van der Waals surface area contributed by atoms with Gasteiger partial charge in [0.05, 0.1) is 19.3 Å². The number of nitrogens with one attached hydrogen (secondary N) is 1. The van der Waals surface area contributed by atoms with Crippen molar-refractivity contribution in [2.24, 2.45) is 0 Å². The number of hydrogen-bond acceptors (Lipinski definition) is 5. The highest BCUT2D eigenvalue weighted by molar-refractivity contribution is 6.03. The summed E-state index contributed by atoms with van der Waals surface area (Å²) in [6.07, 6.45) is 0. The fourth-order valence-corrected chi connectivity index (χ4v) is 1.80. The molecular weight excluding hydrogens is 262 g/mol. The van der Waals surface area contributed by atoms with Gasteiger partial charge in [-0.2, -0.15) is 0 Å². The largest absolute Gasteiger partial charge is 0.492 e. The highest BCUT2D eigenvalue weighted by Gasteiger charge is 2.21. The molecule has 1 aromatic carbocycles. The molecule has 0 bridgehead atoms. The molecule has 0 radical (unpaired) electrons. The van der Waals surface area contributed by atoms with Crippen LogP contribution >= 0.6 is 0 Å².